The first-order valence-electron chi connectivity index (χ1n) is 6.24. The standard InChI is InChI=1S/C14H18N4O/c1-10(13(15)11-5-3-2-4-6-11)14(19)17-8-12-7-16-9-18-12/h2-7,9-10,13H,8,15H2,1H3,(H,16,18)(H,17,19). The molecule has 0 aliphatic heterocycles. The third-order valence-corrected chi connectivity index (χ3v) is 3.14. The number of aromatic nitrogens is 2. The summed E-state index contributed by atoms with van der Waals surface area (Å²) in [5.41, 5.74) is 7.94. The van der Waals surface area contributed by atoms with Crippen LogP contribution in [0, 0.1) is 5.92 Å². The highest BCUT2D eigenvalue weighted by molar-refractivity contribution is 5.79. The minimum Gasteiger partial charge on any atom is -0.350 e. The molecule has 0 spiro atoms. The number of nitrogens with one attached hydrogen (secondary N) is 2. The van der Waals surface area contributed by atoms with Crippen LogP contribution >= 0.6 is 0 Å². The van der Waals surface area contributed by atoms with E-state index < -0.39 is 0 Å². The van der Waals surface area contributed by atoms with Gasteiger partial charge in [0.15, 0.2) is 0 Å². The molecule has 1 aromatic carbocycles. The largest absolute Gasteiger partial charge is 0.350 e. The van der Waals surface area contributed by atoms with Gasteiger partial charge in [-0.3, -0.25) is 4.79 Å². The number of imidazole rings is 1. The van der Waals surface area contributed by atoms with Crippen molar-refractivity contribution in [3.05, 3.63) is 54.1 Å². The van der Waals surface area contributed by atoms with Gasteiger partial charge in [0.1, 0.15) is 0 Å². The lowest BCUT2D eigenvalue weighted by atomic mass is 9.95. The first-order valence-corrected chi connectivity index (χ1v) is 6.24. The topological polar surface area (TPSA) is 83.8 Å². The van der Waals surface area contributed by atoms with Crippen LogP contribution in [0.1, 0.15) is 24.2 Å². The highest BCUT2D eigenvalue weighted by atomic mass is 16.1. The van der Waals surface area contributed by atoms with E-state index in [0.717, 1.165) is 11.3 Å². The minimum absolute atomic E-state index is 0.0639. The van der Waals surface area contributed by atoms with Crippen LogP contribution in [0.25, 0.3) is 0 Å². The molecule has 100 valence electrons. The van der Waals surface area contributed by atoms with Crippen molar-refractivity contribution in [3.8, 4) is 0 Å². The lowest BCUT2D eigenvalue weighted by Crippen LogP contribution is -2.35. The zero-order valence-electron chi connectivity index (χ0n) is 10.8. The number of hydrogen-bond acceptors (Lipinski definition) is 3. The van der Waals surface area contributed by atoms with Crippen LogP contribution < -0.4 is 11.1 Å². The molecule has 2 rings (SSSR count). The molecule has 2 aromatic rings. The number of amides is 1. The Morgan fingerprint density at radius 1 is 1.42 bits per heavy atom. The Bertz CT molecular complexity index is 510. The lowest BCUT2D eigenvalue weighted by Gasteiger charge is -2.19. The highest BCUT2D eigenvalue weighted by Crippen LogP contribution is 2.19. The van der Waals surface area contributed by atoms with Crippen molar-refractivity contribution in [1.82, 2.24) is 15.3 Å². The van der Waals surface area contributed by atoms with Gasteiger partial charge in [0, 0.05) is 12.2 Å². The Kier molecular flexibility index (Phi) is 4.30. The summed E-state index contributed by atoms with van der Waals surface area (Å²) in [7, 11) is 0. The van der Waals surface area contributed by atoms with Gasteiger partial charge < -0.3 is 16.0 Å². The second-order valence-corrected chi connectivity index (χ2v) is 4.52. The van der Waals surface area contributed by atoms with Crippen LogP contribution in [-0.2, 0) is 11.3 Å². The zero-order chi connectivity index (χ0) is 13.7. The van der Waals surface area contributed by atoms with Crippen LogP contribution in [-0.4, -0.2) is 15.9 Å². The number of aromatic amines is 1. The van der Waals surface area contributed by atoms with E-state index in [-0.39, 0.29) is 17.9 Å². The molecular weight excluding hydrogens is 240 g/mol. The number of hydrogen-bond donors (Lipinski definition) is 3. The molecule has 1 heterocycles. The van der Waals surface area contributed by atoms with Gasteiger partial charge >= 0.3 is 0 Å². The maximum Gasteiger partial charge on any atom is 0.225 e. The molecule has 2 unspecified atom stereocenters. The molecule has 0 saturated carbocycles. The molecule has 0 fully saturated rings. The summed E-state index contributed by atoms with van der Waals surface area (Å²) < 4.78 is 0. The van der Waals surface area contributed by atoms with Crippen molar-refractivity contribution >= 4 is 5.91 Å². The molecule has 0 bridgehead atoms. The first kappa shape index (κ1) is 13.3. The summed E-state index contributed by atoms with van der Waals surface area (Å²) in [5.74, 6) is -0.351. The number of nitrogens with zero attached hydrogens (tertiary/aromatic N) is 1. The van der Waals surface area contributed by atoms with Crippen molar-refractivity contribution < 1.29 is 4.79 Å². The molecule has 1 amide bonds. The van der Waals surface area contributed by atoms with E-state index in [1.54, 1.807) is 12.5 Å². The summed E-state index contributed by atoms with van der Waals surface area (Å²) in [6.45, 7) is 2.27. The van der Waals surface area contributed by atoms with E-state index in [0.29, 0.717) is 6.54 Å². The van der Waals surface area contributed by atoms with Crippen molar-refractivity contribution in [2.75, 3.05) is 0 Å². The van der Waals surface area contributed by atoms with Crippen LogP contribution in [0.5, 0.6) is 0 Å². The molecule has 1 aromatic heterocycles. The molecule has 2 atom stereocenters. The van der Waals surface area contributed by atoms with Crippen molar-refractivity contribution in [3.63, 3.8) is 0 Å². The number of benzene rings is 1. The summed E-state index contributed by atoms with van der Waals surface area (Å²) in [6, 6.07) is 9.34. The smallest absolute Gasteiger partial charge is 0.225 e. The average molecular weight is 258 g/mol. The van der Waals surface area contributed by atoms with Crippen LogP contribution in [0.2, 0.25) is 0 Å². The van der Waals surface area contributed by atoms with E-state index in [9.17, 15) is 4.79 Å². The average Bonchev–Trinajstić information content (AvgIpc) is 2.97. The van der Waals surface area contributed by atoms with E-state index in [1.807, 2.05) is 37.3 Å². The van der Waals surface area contributed by atoms with E-state index >= 15 is 0 Å². The van der Waals surface area contributed by atoms with E-state index in [1.165, 1.54) is 0 Å². The second-order valence-electron chi connectivity index (χ2n) is 4.52. The Balaban J connectivity index is 1.91. The number of rotatable bonds is 5. The molecule has 5 nitrogen and oxygen atoms in total. The molecule has 5 heteroatoms. The lowest BCUT2D eigenvalue weighted by molar-refractivity contribution is -0.125. The molecule has 0 radical (unpaired) electrons. The summed E-state index contributed by atoms with van der Waals surface area (Å²) >= 11 is 0. The second kappa shape index (κ2) is 6.15. The number of nitrogens with two attached hydrogens (primary N) is 1. The van der Waals surface area contributed by atoms with E-state index in [4.69, 9.17) is 5.73 Å². The number of carbonyl (C=O) groups is 1. The van der Waals surface area contributed by atoms with Gasteiger partial charge in [0.25, 0.3) is 0 Å². The summed E-state index contributed by atoms with van der Waals surface area (Å²) in [4.78, 5) is 18.9. The molecule has 0 aliphatic carbocycles. The predicted octanol–water partition coefficient (Wildman–Crippen LogP) is 1.36. The quantitative estimate of drug-likeness (QED) is 0.757. The van der Waals surface area contributed by atoms with Crippen LogP contribution in [0.3, 0.4) is 0 Å². The van der Waals surface area contributed by atoms with E-state index in [2.05, 4.69) is 15.3 Å². The molecular formula is C14H18N4O. The fourth-order valence-electron chi connectivity index (χ4n) is 1.85. The highest BCUT2D eigenvalue weighted by Gasteiger charge is 2.21. The SMILES string of the molecule is CC(C(=O)NCc1cnc[nH]1)C(N)c1ccccc1. The maximum absolute atomic E-state index is 12.0. The normalized spacial score (nSPS) is 13.8. The fraction of sp³-hybridized carbons (Fsp3) is 0.286. The summed E-state index contributed by atoms with van der Waals surface area (Å²) in [5, 5.41) is 2.85. The van der Waals surface area contributed by atoms with Gasteiger partial charge in [-0.05, 0) is 5.56 Å². The molecule has 19 heavy (non-hydrogen) atoms. The third-order valence-electron chi connectivity index (χ3n) is 3.14. The first-order chi connectivity index (χ1) is 9.18. The number of carbonyl (C=O) groups excluding carboxylic acids is 1. The molecule has 0 saturated heterocycles. The van der Waals surface area contributed by atoms with Crippen LogP contribution in [0.15, 0.2) is 42.9 Å². The Labute approximate surface area is 112 Å². The minimum atomic E-state index is -0.303. The fourth-order valence-corrected chi connectivity index (χ4v) is 1.85. The maximum atomic E-state index is 12.0. The van der Waals surface area contributed by atoms with Gasteiger partial charge in [-0.15, -0.1) is 0 Å². The van der Waals surface area contributed by atoms with Crippen molar-refractivity contribution in [2.45, 2.75) is 19.5 Å². The zero-order valence-corrected chi connectivity index (χ0v) is 10.8. The monoisotopic (exact) mass is 258 g/mol. The molecule has 0 aliphatic rings. The van der Waals surface area contributed by atoms with Crippen LogP contribution in [0.4, 0.5) is 0 Å². The van der Waals surface area contributed by atoms with Gasteiger partial charge in [0.2, 0.25) is 5.91 Å². The Morgan fingerprint density at radius 3 is 2.79 bits per heavy atom. The van der Waals surface area contributed by atoms with Gasteiger partial charge in [-0.25, -0.2) is 4.98 Å². The summed E-state index contributed by atoms with van der Waals surface area (Å²) in [6.07, 6.45) is 3.27. The Hall–Kier alpha value is -2.14. The Morgan fingerprint density at radius 2 is 2.16 bits per heavy atom. The third kappa shape index (κ3) is 3.42. The number of H-pyrrole nitrogens is 1. The van der Waals surface area contributed by atoms with Gasteiger partial charge in [0.05, 0.1) is 24.5 Å². The molecule has 4 N–H and O–H groups in total. The van der Waals surface area contributed by atoms with Gasteiger partial charge in [-0.2, -0.15) is 0 Å². The van der Waals surface area contributed by atoms with Crippen molar-refractivity contribution in [1.29, 1.82) is 0 Å². The predicted molar refractivity (Wildman–Crippen MR) is 73.0 cm³/mol. The van der Waals surface area contributed by atoms with Gasteiger partial charge in [-0.1, -0.05) is 37.3 Å². The van der Waals surface area contributed by atoms with Crippen molar-refractivity contribution in [2.24, 2.45) is 11.7 Å².